The van der Waals surface area contributed by atoms with Crippen molar-refractivity contribution in [2.45, 2.75) is 58.8 Å². The van der Waals surface area contributed by atoms with Crippen molar-refractivity contribution < 1.29 is 0 Å². The first-order valence-electron chi connectivity index (χ1n) is 5.89. The van der Waals surface area contributed by atoms with Crippen LogP contribution in [0.1, 0.15) is 57.2 Å². The number of unbranched alkanes of at least 4 members (excludes halogenated alkanes) is 3. The van der Waals surface area contributed by atoms with Crippen molar-refractivity contribution in [2.24, 2.45) is 0 Å². The summed E-state index contributed by atoms with van der Waals surface area (Å²) in [7, 11) is 0. The van der Waals surface area contributed by atoms with Crippen LogP contribution in [0.3, 0.4) is 0 Å². The third-order valence-electron chi connectivity index (χ3n) is 2.64. The number of hydrogen-bond acceptors (Lipinski definition) is 1. The lowest BCUT2D eigenvalue weighted by molar-refractivity contribution is 0.705. The maximum absolute atomic E-state index is 4.13. The lowest BCUT2D eigenvalue weighted by Gasteiger charge is -2.01. The van der Waals surface area contributed by atoms with Crippen LogP contribution in [0.25, 0.3) is 0 Å². The average Bonchev–Trinajstić information content (AvgIpc) is 2.63. The molecule has 0 saturated heterocycles. The van der Waals surface area contributed by atoms with Crippen LogP contribution >= 0.6 is 0 Å². The fraction of sp³-hybridized carbons (Fsp3) is 0.750. The highest BCUT2D eigenvalue weighted by Crippen LogP contribution is 2.12. The molecule has 1 aromatic rings. The van der Waals surface area contributed by atoms with Crippen LogP contribution < -0.4 is 0 Å². The summed E-state index contributed by atoms with van der Waals surface area (Å²) < 4.78 is 0. The summed E-state index contributed by atoms with van der Waals surface area (Å²) in [5, 5.41) is 7.25. The van der Waals surface area contributed by atoms with Crippen LogP contribution in [-0.4, -0.2) is 10.2 Å². The summed E-state index contributed by atoms with van der Waals surface area (Å²) in [5.74, 6) is 0. The van der Waals surface area contributed by atoms with Crippen molar-refractivity contribution in [3.05, 3.63) is 17.5 Å². The van der Waals surface area contributed by atoms with Gasteiger partial charge in [-0.05, 0) is 31.2 Å². The molecule has 0 aliphatic heterocycles. The summed E-state index contributed by atoms with van der Waals surface area (Å²) in [6, 6.07) is 0. The Morgan fingerprint density at radius 1 is 1.07 bits per heavy atom. The minimum atomic E-state index is 1.16. The minimum absolute atomic E-state index is 1.16. The molecule has 0 fully saturated rings. The van der Waals surface area contributed by atoms with Crippen molar-refractivity contribution in [2.75, 3.05) is 0 Å². The lowest BCUT2D eigenvalue weighted by atomic mass is 10.1. The van der Waals surface area contributed by atoms with Crippen LogP contribution in [0.15, 0.2) is 6.20 Å². The first-order chi connectivity index (χ1) is 6.88. The zero-order valence-corrected chi connectivity index (χ0v) is 9.47. The standard InChI is InChI=1S/C12H22N2/c1-3-5-7-8-11-10-13-14-12(11)9-6-4-2/h10H,3-9H2,1-2H3,(H,13,14). The maximum atomic E-state index is 4.13. The second-order valence-electron chi connectivity index (χ2n) is 3.93. The Morgan fingerprint density at radius 3 is 2.57 bits per heavy atom. The number of nitrogens with one attached hydrogen (secondary N) is 1. The molecule has 0 atom stereocenters. The predicted octanol–water partition coefficient (Wildman–Crippen LogP) is 3.49. The first-order valence-corrected chi connectivity index (χ1v) is 5.89. The Hall–Kier alpha value is -0.790. The Balaban J connectivity index is 2.37. The van der Waals surface area contributed by atoms with Gasteiger partial charge in [-0.1, -0.05) is 33.1 Å². The summed E-state index contributed by atoms with van der Waals surface area (Å²) in [6.07, 6.45) is 10.8. The molecule has 0 aliphatic carbocycles. The monoisotopic (exact) mass is 194 g/mol. The Kier molecular flexibility index (Phi) is 5.35. The maximum Gasteiger partial charge on any atom is 0.0522 e. The number of aromatic nitrogens is 2. The summed E-state index contributed by atoms with van der Waals surface area (Å²) in [4.78, 5) is 0. The highest BCUT2D eigenvalue weighted by molar-refractivity contribution is 5.16. The molecule has 0 spiro atoms. The highest BCUT2D eigenvalue weighted by Gasteiger charge is 2.03. The predicted molar refractivity (Wildman–Crippen MR) is 60.4 cm³/mol. The quantitative estimate of drug-likeness (QED) is 0.661. The van der Waals surface area contributed by atoms with E-state index in [-0.39, 0.29) is 0 Å². The van der Waals surface area contributed by atoms with E-state index >= 15 is 0 Å². The van der Waals surface area contributed by atoms with Crippen LogP contribution in [-0.2, 0) is 12.8 Å². The topological polar surface area (TPSA) is 28.7 Å². The number of aromatic amines is 1. The van der Waals surface area contributed by atoms with Gasteiger partial charge in [-0.2, -0.15) is 5.10 Å². The van der Waals surface area contributed by atoms with Gasteiger partial charge < -0.3 is 0 Å². The van der Waals surface area contributed by atoms with Gasteiger partial charge in [0.25, 0.3) is 0 Å². The highest BCUT2D eigenvalue weighted by atomic mass is 15.1. The summed E-state index contributed by atoms with van der Waals surface area (Å²) >= 11 is 0. The van der Waals surface area contributed by atoms with Gasteiger partial charge in [-0.15, -0.1) is 0 Å². The number of aryl methyl sites for hydroxylation is 2. The molecule has 1 N–H and O–H groups in total. The van der Waals surface area contributed by atoms with E-state index in [1.807, 2.05) is 6.20 Å². The van der Waals surface area contributed by atoms with Crippen molar-refractivity contribution in [1.29, 1.82) is 0 Å². The molecule has 0 bridgehead atoms. The molecule has 0 unspecified atom stereocenters. The normalized spacial score (nSPS) is 10.7. The van der Waals surface area contributed by atoms with Gasteiger partial charge in [0.15, 0.2) is 0 Å². The van der Waals surface area contributed by atoms with E-state index in [4.69, 9.17) is 0 Å². The lowest BCUT2D eigenvalue weighted by Crippen LogP contribution is -1.92. The van der Waals surface area contributed by atoms with Crippen molar-refractivity contribution >= 4 is 0 Å². The second-order valence-corrected chi connectivity index (χ2v) is 3.93. The largest absolute Gasteiger partial charge is 0.282 e. The molecule has 14 heavy (non-hydrogen) atoms. The molecule has 1 aromatic heterocycles. The van der Waals surface area contributed by atoms with Crippen molar-refractivity contribution in [3.8, 4) is 0 Å². The molecule has 0 aromatic carbocycles. The van der Waals surface area contributed by atoms with Gasteiger partial charge in [0, 0.05) is 5.69 Å². The molecule has 1 heterocycles. The van der Waals surface area contributed by atoms with Gasteiger partial charge in [-0.3, -0.25) is 5.10 Å². The zero-order chi connectivity index (χ0) is 10.2. The van der Waals surface area contributed by atoms with Crippen molar-refractivity contribution in [1.82, 2.24) is 10.2 Å². The van der Waals surface area contributed by atoms with E-state index in [1.165, 1.54) is 49.8 Å². The Bertz CT molecular complexity index is 240. The van der Waals surface area contributed by atoms with Gasteiger partial charge in [-0.25, -0.2) is 0 Å². The molecule has 0 saturated carbocycles. The van der Waals surface area contributed by atoms with Crippen molar-refractivity contribution in [3.63, 3.8) is 0 Å². The molecule has 0 radical (unpaired) electrons. The molecule has 2 heteroatoms. The van der Waals surface area contributed by atoms with E-state index in [0.717, 1.165) is 6.42 Å². The zero-order valence-electron chi connectivity index (χ0n) is 9.47. The van der Waals surface area contributed by atoms with E-state index < -0.39 is 0 Å². The van der Waals surface area contributed by atoms with Crippen LogP contribution in [0, 0.1) is 0 Å². The molecular weight excluding hydrogens is 172 g/mol. The molecule has 2 nitrogen and oxygen atoms in total. The van der Waals surface area contributed by atoms with E-state index in [9.17, 15) is 0 Å². The fourth-order valence-corrected chi connectivity index (χ4v) is 1.69. The van der Waals surface area contributed by atoms with Gasteiger partial charge in [0.1, 0.15) is 0 Å². The molecular formula is C12H22N2. The molecule has 0 amide bonds. The smallest absolute Gasteiger partial charge is 0.0522 e. The van der Waals surface area contributed by atoms with E-state index in [0.29, 0.717) is 0 Å². The average molecular weight is 194 g/mol. The summed E-state index contributed by atoms with van der Waals surface area (Å²) in [5.41, 5.74) is 2.80. The number of rotatable bonds is 7. The van der Waals surface area contributed by atoms with Crippen LogP contribution in [0.4, 0.5) is 0 Å². The fourth-order valence-electron chi connectivity index (χ4n) is 1.69. The molecule has 0 aliphatic rings. The van der Waals surface area contributed by atoms with Crippen LogP contribution in [0.5, 0.6) is 0 Å². The third kappa shape index (κ3) is 3.52. The van der Waals surface area contributed by atoms with E-state index in [1.54, 1.807) is 0 Å². The third-order valence-corrected chi connectivity index (χ3v) is 2.64. The SMILES string of the molecule is CCCCCc1cn[nH]c1CCCC. The van der Waals surface area contributed by atoms with Crippen LogP contribution in [0.2, 0.25) is 0 Å². The second kappa shape index (κ2) is 6.63. The summed E-state index contributed by atoms with van der Waals surface area (Å²) in [6.45, 7) is 4.47. The van der Waals surface area contributed by atoms with Gasteiger partial charge >= 0.3 is 0 Å². The minimum Gasteiger partial charge on any atom is -0.282 e. The Labute approximate surface area is 87.1 Å². The van der Waals surface area contributed by atoms with E-state index in [2.05, 4.69) is 24.0 Å². The Morgan fingerprint density at radius 2 is 1.86 bits per heavy atom. The number of nitrogens with zero attached hydrogens (tertiary/aromatic N) is 1. The van der Waals surface area contributed by atoms with Gasteiger partial charge in [0.05, 0.1) is 6.20 Å². The molecule has 1 rings (SSSR count). The first kappa shape index (κ1) is 11.3. The van der Waals surface area contributed by atoms with Gasteiger partial charge in [0.2, 0.25) is 0 Å². The number of hydrogen-bond donors (Lipinski definition) is 1. The molecule has 80 valence electrons. The number of H-pyrrole nitrogens is 1.